The fraction of sp³-hybridized carbons (Fsp3) is 0.231. The maximum Gasteiger partial charge on any atom is 0.268 e. The van der Waals surface area contributed by atoms with Crippen LogP contribution in [0, 0.1) is 0 Å². The maximum absolute atomic E-state index is 11.7. The zero-order chi connectivity index (χ0) is 12.5. The molecule has 0 aliphatic carbocycles. The van der Waals surface area contributed by atoms with Crippen LogP contribution in [0.1, 0.15) is 11.5 Å². The third-order valence-electron chi connectivity index (χ3n) is 3.08. The molecule has 92 valence electrons. The average molecular weight is 243 g/mol. The van der Waals surface area contributed by atoms with Crippen molar-refractivity contribution < 1.29 is 4.74 Å². The lowest BCUT2D eigenvalue weighted by atomic mass is 10.0. The van der Waals surface area contributed by atoms with Crippen molar-refractivity contribution in [2.24, 2.45) is 0 Å². The van der Waals surface area contributed by atoms with E-state index < -0.39 is 0 Å². The van der Waals surface area contributed by atoms with Gasteiger partial charge < -0.3 is 10.5 Å². The second-order valence-electron chi connectivity index (χ2n) is 4.36. The molecular formula is C13H13N3O2. The van der Waals surface area contributed by atoms with Crippen LogP contribution in [0.3, 0.4) is 0 Å². The van der Waals surface area contributed by atoms with Gasteiger partial charge in [0.15, 0.2) is 0 Å². The Morgan fingerprint density at radius 3 is 3.11 bits per heavy atom. The minimum atomic E-state index is -0.181. The number of benzene rings is 1. The lowest BCUT2D eigenvalue weighted by Crippen LogP contribution is -2.25. The number of fused-ring (bicyclic) bond motifs is 1. The number of para-hydroxylation sites is 1. The average Bonchev–Trinajstić information content (AvgIpc) is 2.76. The summed E-state index contributed by atoms with van der Waals surface area (Å²) in [6, 6.07) is 9.26. The molecule has 0 saturated carbocycles. The van der Waals surface area contributed by atoms with Crippen molar-refractivity contribution in [3.8, 4) is 5.75 Å². The predicted octanol–water partition coefficient (Wildman–Crippen LogP) is 1.00. The number of nitrogens with two attached hydrogens (primary N) is 1. The molecule has 0 fully saturated rings. The van der Waals surface area contributed by atoms with Crippen LogP contribution < -0.4 is 16.0 Å². The van der Waals surface area contributed by atoms with Gasteiger partial charge in [0.25, 0.3) is 5.56 Å². The largest absolute Gasteiger partial charge is 0.493 e. The SMILES string of the molecule is Nc1cnn(CC2COc3ccccc32)c(=O)c1. The van der Waals surface area contributed by atoms with E-state index in [0.717, 1.165) is 11.3 Å². The number of ether oxygens (including phenoxy) is 1. The van der Waals surface area contributed by atoms with Gasteiger partial charge in [-0.3, -0.25) is 4.79 Å². The molecule has 5 nitrogen and oxygen atoms in total. The summed E-state index contributed by atoms with van der Waals surface area (Å²) >= 11 is 0. The summed E-state index contributed by atoms with van der Waals surface area (Å²) in [5.74, 6) is 1.06. The summed E-state index contributed by atoms with van der Waals surface area (Å²) in [5.41, 5.74) is 6.85. The summed E-state index contributed by atoms with van der Waals surface area (Å²) in [4.78, 5) is 11.7. The third-order valence-corrected chi connectivity index (χ3v) is 3.08. The van der Waals surface area contributed by atoms with E-state index in [9.17, 15) is 4.79 Å². The van der Waals surface area contributed by atoms with E-state index in [1.54, 1.807) is 0 Å². The highest BCUT2D eigenvalue weighted by molar-refractivity contribution is 5.39. The van der Waals surface area contributed by atoms with Crippen molar-refractivity contribution >= 4 is 5.69 Å². The highest BCUT2D eigenvalue weighted by atomic mass is 16.5. The molecule has 18 heavy (non-hydrogen) atoms. The molecule has 1 atom stereocenters. The summed E-state index contributed by atoms with van der Waals surface area (Å²) in [6.45, 7) is 1.09. The Hall–Kier alpha value is -2.30. The Labute approximate surface area is 104 Å². The first-order chi connectivity index (χ1) is 8.74. The number of hydrogen-bond acceptors (Lipinski definition) is 4. The van der Waals surface area contributed by atoms with Crippen LogP contribution in [0.2, 0.25) is 0 Å². The zero-order valence-corrected chi connectivity index (χ0v) is 9.74. The van der Waals surface area contributed by atoms with Gasteiger partial charge in [0.2, 0.25) is 0 Å². The van der Waals surface area contributed by atoms with Crippen molar-refractivity contribution in [2.75, 3.05) is 12.3 Å². The van der Waals surface area contributed by atoms with Gasteiger partial charge in [-0.15, -0.1) is 0 Å². The summed E-state index contributed by atoms with van der Waals surface area (Å²) < 4.78 is 7.00. The van der Waals surface area contributed by atoms with Crippen LogP contribution in [0.5, 0.6) is 5.75 Å². The van der Waals surface area contributed by atoms with Gasteiger partial charge in [-0.05, 0) is 6.07 Å². The maximum atomic E-state index is 11.7. The molecule has 0 bridgehead atoms. The number of anilines is 1. The Balaban J connectivity index is 1.89. The molecule has 3 rings (SSSR count). The van der Waals surface area contributed by atoms with Crippen LogP contribution >= 0.6 is 0 Å². The lowest BCUT2D eigenvalue weighted by molar-refractivity contribution is 0.313. The molecule has 0 saturated heterocycles. The Morgan fingerprint density at radius 1 is 1.44 bits per heavy atom. The number of aromatic nitrogens is 2. The van der Waals surface area contributed by atoms with Gasteiger partial charge in [0.1, 0.15) is 5.75 Å². The van der Waals surface area contributed by atoms with E-state index in [2.05, 4.69) is 5.10 Å². The summed E-state index contributed by atoms with van der Waals surface area (Å²) in [6.07, 6.45) is 1.49. The normalized spacial score (nSPS) is 17.2. The Bertz CT molecular complexity index is 636. The highest BCUT2D eigenvalue weighted by Crippen LogP contribution is 2.33. The minimum absolute atomic E-state index is 0.162. The number of hydrogen-bond donors (Lipinski definition) is 1. The summed E-state index contributed by atoms with van der Waals surface area (Å²) in [5, 5.41) is 4.04. The van der Waals surface area contributed by atoms with E-state index >= 15 is 0 Å². The molecule has 1 aliphatic rings. The van der Waals surface area contributed by atoms with Gasteiger partial charge in [-0.1, -0.05) is 18.2 Å². The Morgan fingerprint density at radius 2 is 2.28 bits per heavy atom. The van der Waals surface area contributed by atoms with Gasteiger partial charge in [0, 0.05) is 17.5 Å². The molecule has 0 spiro atoms. The van der Waals surface area contributed by atoms with Crippen LogP contribution in [0.15, 0.2) is 41.3 Å². The molecule has 1 aromatic carbocycles. The molecule has 2 aromatic rings. The molecule has 0 radical (unpaired) electrons. The fourth-order valence-corrected chi connectivity index (χ4v) is 2.17. The van der Waals surface area contributed by atoms with Crippen molar-refractivity contribution in [1.29, 1.82) is 0 Å². The second-order valence-corrected chi connectivity index (χ2v) is 4.36. The van der Waals surface area contributed by atoms with E-state index in [0.29, 0.717) is 18.8 Å². The van der Waals surface area contributed by atoms with Crippen LogP contribution in [0.25, 0.3) is 0 Å². The lowest BCUT2D eigenvalue weighted by Gasteiger charge is -2.10. The topological polar surface area (TPSA) is 70.1 Å². The van der Waals surface area contributed by atoms with Gasteiger partial charge in [-0.2, -0.15) is 5.10 Å². The number of rotatable bonds is 2. The Kier molecular flexibility index (Phi) is 2.51. The second kappa shape index (κ2) is 4.18. The zero-order valence-electron chi connectivity index (χ0n) is 9.74. The van der Waals surface area contributed by atoms with Gasteiger partial charge in [-0.25, -0.2) is 4.68 Å². The summed E-state index contributed by atoms with van der Waals surface area (Å²) in [7, 11) is 0. The van der Waals surface area contributed by atoms with Crippen LogP contribution in [-0.2, 0) is 6.54 Å². The molecule has 0 amide bonds. The van der Waals surface area contributed by atoms with Gasteiger partial charge >= 0.3 is 0 Å². The van der Waals surface area contributed by atoms with Gasteiger partial charge in [0.05, 0.1) is 25.0 Å². The first kappa shape index (κ1) is 10.8. The number of nitrogens with zero attached hydrogens (tertiary/aromatic N) is 2. The monoisotopic (exact) mass is 243 g/mol. The first-order valence-corrected chi connectivity index (χ1v) is 5.78. The number of nitrogen functional groups attached to an aromatic ring is 1. The molecule has 2 N–H and O–H groups in total. The van der Waals surface area contributed by atoms with Crippen LogP contribution in [-0.4, -0.2) is 16.4 Å². The van der Waals surface area contributed by atoms with Crippen molar-refractivity contribution in [1.82, 2.24) is 9.78 Å². The predicted molar refractivity (Wildman–Crippen MR) is 67.6 cm³/mol. The molecule has 1 unspecified atom stereocenters. The molecular weight excluding hydrogens is 230 g/mol. The molecule has 1 aromatic heterocycles. The van der Waals surface area contributed by atoms with E-state index in [1.165, 1.54) is 16.9 Å². The van der Waals surface area contributed by atoms with E-state index in [1.807, 2.05) is 24.3 Å². The van der Waals surface area contributed by atoms with E-state index in [-0.39, 0.29) is 11.5 Å². The van der Waals surface area contributed by atoms with Crippen molar-refractivity contribution in [2.45, 2.75) is 12.5 Å². The standard InChI is InChI=1S/C13H13N3O2/c14-10-5-13(17)16(15-6-10)7-9-8-18-12-4-2-1-3-11(9)12/h1-6,9H,7-8,14H2. The quantitative estimate of drug-likeness (QED) is 0.854. The van der Waals surface area contributed by atoms with Crippen molar-refractivity contribution in [3.05, 3.63) is 52.4 Å². The molecule has 1 aliphatic heterocycles. The van der Waals surface area contributed by atoms with Crippen LogP contribution in [0.4, 0.5) is 5.69 Å². The van der Waals surface area contributed by atoms with E-state index in [4.69, 9.17) is 10.5 Å². The smallest absolute Gasteiger partial charge is 0.268 e. The fourth-order valence-electron chi connectivity index (χ4n) is 2.17. The first-order valence-electron chi connectivity index (χ1n) is 5.78. The van der Waals surface area contributed by atoms with Crippen molar-refractivity contribution in [3.63, 3.8) is 0 Å². The highest BCUT2D eigenvalue weighted by Gasteiger charge is 2.24. The molecule has 5 heteroatoms. The minimum Gasteiger partial charge on any atom is -0.493 e. The third kappa shape index (κ3) is 1.84. The molecule has 2 heterocycles.